The Morgan fingerprint density at radius 1 is 1.33 bits per heavy atom. The van der Waals surface area contributed by atoms with Gasteiger partial charge in [0.15, 0.2) is 6.61 Å². The van der Waals surface area contributed by atoms with Crippen LogP contribution in [0.1, 0.15) is 28.2 Å². The van der Waals surface area contributed by atoms with Crippen LogP contribution in [0.15, 0.2) is 41.8 Å². The first kappa shape index (κ1) is 15.5. The molecule has 110 valence electrons. The molecule has 0 aliphatic rings. The smallest absolute Gasteiger partial charge is 0.338 e. The molecule has 1 amide bonds. The molecular formula is C15H14ClNO3S. The Bertz CT molecular complexity index is 628. The van der Waals surface area contributed by atoms with Crippen LogP contribution in [0, 0.1) is 0 Å². The summed E-state index contributed by atoms with van der Waals surface area (Å²) in [7, 11) is 0. The van der Waals surface area contributed by atoms with Gasteiger partial charge in [-0.1, -0.05) is 23.7 Å². The van der Waals surface area contributed by atoms with Gasteiger partial charge in [0.1, 0.15) is 0 Å². The molecule has 1 aromatic carbocycles. The fraction of sp³-hybridized carbons (Fsp3) is 0.200. The number of thiophene rings is 1. The lowest BCUT2D eigenvalue weighted by Crippen LogP contribution is -2.30. The Morgan fingerprint density at radius 2 is 2.14 bits per heavy atom. The van der Waals surface area contributed by atoms with Gasteiger partial charge in [-0.3, -0.25) is 4.79 Å². The van der Waals surface area contributed by atoms with Crippen molar-refractivity contribution in [2.24, 2.45) is 0 Å². The summed E-state index contributed by atoms with van der Waals surface area (Å²) in [6.45, 7) is 1.56. The predicted molar refractivity (Wildman–Crippen MR) is 82.6 cm³/mol. The maximum Gasteiger partial charge on any atom is 0.338 e. The zero-order valence-electron chi connectivity index (χ0n) is 11.3. The van der Waals surface area contributed by atoms with Crippen molar-refractivity contribution in [1.82, 2.24) is 5.32 Å². The second kappa shape index (κ2) is 7.24. The summed E-state index contributed by atoms with van der Waals surface area (Å²) in [4.78, 5) is 24.5. The summed E-state index contributed by atoms with van der Waals surface area (Å²) in [6.07, 6.45) is 0. The Balaban J connectivity index is 1.82. The summed E-state index contributed by atoms with van der Waals surface area (Å²) in [5, 5.41) is 5.15. The average Bonchev–Trinajstić information content (AvgIpc) is 2.99. The molecule has 0 saturated carbocycles. The topological polar surface area (TPSA) is 55.4 Å². The minimum absolute atomic E-state index is 0.109. The third-order valence-corrected chi connectivity index (χ3v) is 4.03. The van der Waals surface area contributed by atoms with E-state index in [9.17, 15) is 9.59 Å². The van der Waals surface area contributed by atoms with Crippen molar-refractivity contribution < 1.29 is 14.3 Å². The third-order valence-electron chi connectivity index (χ3n) is 2.74. The van der Waals surface area contributed by atoms with E-state index in [1.165, 1.54) is 6.07 Å². The van der Waals surface area contributed by atoms with Crippen LogP contribution in [0.5, 0.6) is 0 Å². The fourth-order valence-corrected chi connectivity index (χ4v) is 2.65. The average molecular weight is 324 g/mol. The molecule has 0 saturated heterocycles. The van der Waals surface area contributed by atoms with Gasteiger partial charge >= 0.3 is 5.97 Å². The molecule has 0 aliphatic heterocycles. The molecule has 1 heterocycles. The number of hydrogen-bond acceptors (Lipinski definition) is 4. The van der Waals surface area contributed by atoms with Gasteiger partial charge in [0.05, 0.1) is 11.6 Å². The highest BCUT2D eigenvalue weighted by Gasteiger charge is 2.13. The van der Waals surface area contributed by atoms with Crippen molar-refractivity contribution in [2.75, 3.05) is 6.61 Å². The van der Waals surface area contributed by atoms with Crippen LogP contribution >= 0.6 is 22.9 Å². The molecule has 1 N–H and O–H groups in total. The molecule has 2 aromatic rings. The summed E-state index contributed by atoms with van der Waals surface area (Å²) in [5.41, 5.74) is 0.321. The number of hydrogen-bond donors (Lipinski definition) is 1. The molecule has 0 fully saturated rings. The van der Waals surface area contributed by atoms with Crippen LogP contribution in [0.4, 0.5) is 0 Å². The first-order chi connectivity index (χ1) is 10.1. The van der Waals surface area contributed by atoms with E-state index < -0.39 is 5.97 Å². The third kappa shape index (κ3) is 4.58. The number of ether oxygens (including phenoxy) is 1. The SMILES string of the molecule is C[C@@H](NC(=O)COC(=O)c1cccc(Cl)c1)c1cccs1. The van der Waals surface area contributed by atoms with E-state index >= 15 is 0 Å². The minimum atomic E-state index is -0.573. The van der Waals surface area contributed by atoms with E-state index in [0.717, 1.165) is 4.88 Å². The number of benzene rings is 1. The maximum atomic E-state index is 11.8. The van der Waals surface area contributed by atoms with Crippen molar-refractivity contribution >= 4 is 34.8 Å². The minimum Gasteiger partial charge on any atom is -0.452 e. The Labute approximate surface area is 131 Å². The zero-order valence-corrected chi connectivity index (χ0v) is 12.9. The number of nitrogens with one attached hydrogen (secondary N) is 1. The lowest BCUT2D eigenvalue weighted by atomic mass is 10.2. The van der Waals surface area contributed by atoms with Crippen LogP contribution in [0.3, 0.4) is 0 Å². The van der Waals surface area contributed by atoms with E-state index in [-0.39, 0.29) is 18.6 Å². The molecule has 0 unspecified atom stereocenters. The molecule has 0 radical (unpaired) electrons. The second-order valence-electron chi connectivity index (χ2n) is 4.39. The van der Waals surface area contributed by atoms with Crippen LogP contribution in [0.2, 0.25) is 5.02 Å². The van der Waals surface area contributed by atoms with Crippen LogP contribution in [-0.4, -0.2) is 18.5 Å². The summed E-state index contributed by atoms with van der Waals surface area (Å²) in [5.74, 6) is -0.914. The number of amides is 1. The van der Waals surface area contributed by atoms with Gasteiger partial charge in [0.25, 0.3) is 5.91 Å². The molecule has 0 spiro atoms. The van der Waals surface area contributed by atoms with Gasteiger partial charge in [0.2, 0.25) is 0 Å². The molecular weight excluding hydrogens is 310 g/mol. The zero-order chi connectivity index (χ0) is 15.2. The number of carbonyl (C=O) groups is 2. The van der Waals surface area contributed by atoms with Crippen molar-refractivity contribution in [3.8, 4) is 0 Å². The van der Waals surface area contributed by atoms with Crippen molar-refractivity contribution in [1.29, 1.82) is 0 Å². The van der Waals surface area contributed by atoms with Crippen molar-refractivity contribution in [3.05, 3.63) is 57.2 Å². The molecule has 6 heteroatoms. The molecule has 1 atom stereocenters. The van der Waals surface area contributed by atoms with Crippen LogP contribution in [-0.2, 0) is 9.53 Å². The first-order valence-electron chi connectivity index (χ1n) is 6.31. The standard InChI is InChI=1S/C15H14ClNO3S/c1-10(13-6-3-7-21-13)17-14(18)9-20-15(19)11-4-2-5-12(16)8-11/h2-8,10H,9H2,1H3,(H,17,18)/t10-/m1/s1. The number of rotatable bonds is 5. The fourth-order valence-electron chi connectivity index (χ4n) is 1.72. The van der Waals surface area contributed by atoms with Crippen molar-refractivity contribution in [3.63, 3.8) is 0 Å². The molecule has 4 nitrogen and oxygen atoms in total. The van der Waals surface area contributed by atoms with E-state index in [4.69, 9.17) is 16.3 Å². The highest BCUT2D eigenvalue weighted by atomic mass is 35.5. The molecule has 2 rings (SSSR count). The predicted octanol–water partition coefficient (Wildman–Crippen LogP) is 3.44. The molecule has 1 aromatic heterocycles. The van der Waals surface area contributed by atoms with Crippen LogP contribution < -0.4 is 5.32 Å². The highest BCUT2D eigenvalue weighted by molar-refractivity contribution is 7.10. The number of halogens is 1. The number of carbonyl (C=O) groups excluding carboxylic acids is 2. The Hall–Kier alpha value is -1.85. The monoisotopic (exact) mass is 323 g/mol. The lowest BCUT2D eigenvalue weighted by Gasteiger charge is -2.12. The molecule has 0 aliphatic carbocycles. The summed E-state index contributed by atoms with van der Waals surface area (Å²) in [6, 6.07) is 10.1. The second-order valence-corrected chi connectivity index (χ2v) is 5.81. The Morgan fingerprint density at radius 3 is 2.81 bits per heavy atom. The van der Waals surface area contributed by atoms with Gasteiger partial charge in [-0.15, -0.1) is 11.3 Å². The van der Waals surface area contributed by atoms with Gasteiger partial charge in [-0.05, 0) is 36.6 Å². The van der Waals surface area contributed by atoms with E-state index in [0.29, 0.717) is 10.6 Å². The summed E-state index contributed by atoms with van der Waals surface area (Å²) < 4.78 is 4.96. The van der Waals surface area contributed by atoms with E-state index in [2.05, 4.69) is 5.32 Å². The Kier molecular flexibility index (Phi) is 5.36. The number of esters is 1. The first-order valence-corrected chi connectivity index (χ1v) is 7.57. The normalized spacial score (nSPS) is 11.7. The summed E-state index contributed by atoms with van der Waals surface area (Å²) >= 11 is 7.35. The van der Waals surface area contributed by atoms with Gasteiger partial charge in [-0.2, -0.15) is 0 Å². The van der Waals surface area contributed by atoms with E-state index in [1.54, 1.807) is 29.5 Å². The quantitative estimate of drug-likeness (QED) is 0.858. The largest absolute Gasteiger partial charge is 0.452 e. The molecule has 0 bridgehead atoms. The van der Waals surface area contributed by atoms with Gasteiger partial charge < -0.3 is 10.1 Å². The van der Waals surface area contributed by atoms with Gasteiger partial charge in [-0.25, -0.2) is 4.79 Å². The molecule has 21 heavy (non-hydrogen) atoms. The van der Waals surface area contributed by atoms with Crippen LogP contribution in [0.25, 0.3) is 0 Å². The maximum absolute atomic E-state index is 11.8. The van der Waals surface area contributed by atoms with Crippen molar-refractivity contribution in [2.45, 2.75) is 13.0 Å². The van der Waals surface area contributed by atoms with Gasteiger partial charge in [0, 0.05) is 9.90 Å². The highest BCUT2D eigenvalue weighted by Crippen LogP contribution is 2.17. The van der Waals surface area contributed by atoms with E-state index in [1.807, 2.05) is 24.4 Å². The lowest BCUT2D eigenvalue weighted by molar-refractivity contribution is -0.124.